The fourth-order valence-electron chi connectivity index (χ4n) is 2.34. The first kappa shape index (κ1) is 12.4. The Kier molecular flexibility index (Phi) is 3.40. The van der Waals surface area contributed by atoms with E-state index >= 15 is 0 Å². The van der Waals surface area contributed by atoms with E-state index in [0.717, 1.165) is 18.8 Å². The smallest absolute Gasteiger partial charge is 0.0983 e. The van der Waals surface area contributed by atoms with Gasteiger partial charge in [0.25, 0.3) is 0 Å². The van der Waals surface area contributed by atoms with E-state index < -0.39 is 0 Å². The first-order valence-corrected chi connectivity index (χ1v) is 6.19. The van der Waals surface area contributed by atoms with Gasteiger partial charge in [0.05, 0.1) is 12.7 Å². The molecule has 1 heterocycles. The summed E-state index contributed by atoms with van der Waals surface area (Å²) in [5.74, 6) is 0. The van der Waals surface area contributed by atoms with Gasteiger partial charge in [0.15, 0.2) is 0 Å². The summed E-state index contributed by atoms with van der Waals surface area (Å²) in [4.78, 5) is 0. The van der Waals surface area contributed by atoms with Gasteiger partial charge in [0.1, 0.15) is 0 Å². The van der Waals surface area contributed by atoms with Crippen LogP contribution in [0.3, 0.4) is 0 Å². The predicted molar refractivity (Wildman–Crippen MR) is 70.8 cm³/mol. The van der Waals surface area contributed by atoms with Crippen LogP contribution in [0.1, 0.15) is 32.4 Å². The number of hydrogen-bond donors (Lipinski definition) is 2. The molecule has 1 aromatic carbocycles. The third-order valence-electron chi connectivity index (χ3n) is 3.26. The molecule has 3 heteroatoms. The van der Waals surface area contributed by atoms with Gasteiger partial charge >= 0.3 is 0 Å². The minimum Gasteiger partial charge on any atom is -0.399 e. The summed E-state index contributed by atoms with van der Waals surface area (Å²) in [6.45, 7) is 8.41. The zero-order valence-electron chi connectivity index (χ0n) is 10.9. The molecule has 94 valence electrons. The number of morpholine rings is 1. The Hall–Kier alpha value is -1.06. The van der Waals surface area contributed by atoms with Crippen molar-refractivity contribution in [2.75, 3.05) is 18.9 Å². The highest BCUT2D eigenvalue weighted by atomic mass is 16.5. The van der Waals surface area contributed by atoms with Crippen molar-refractivity contribution >= 4 is 5.69 Å². The molecular weight excluding hydrogens is 212 g/mol. The van der Waals surface area contributed by atoms with E-state index in [0.29, 0.717) is 6.04 Å². The first-order chi connectivity index (χ1) is 7.98. The van der Waals surface area contributed by atoms with Crippen LogP contribution >= 0.6 is 0 Å². The van der Waals surface area contributed by atoms with E-state index in [-0.39, 0.29) is 11.5 Å². The fourth-order valence-corrected chi connectivity index (χ4v) is 2.34. The van der Waals surface area contributed by atoms with Crippen molar-refractivity contribution in [3.05, 3.63) is 29.8 Å². The number of nitrogen functional groups attached to an aromatic ring is 1. The standard InChI is InChI=1S/C14H22N2O/c1-14(2,3)13-12(17-9-8-16-13)10-4-6-11(15)7-5-10/h4-7,12-13,16H,8-9,15H2,1-3H3/t12?,13-/m1/s1. The second-order valence-corrected chi connectivity index (χ2v) is 5.76. The lowest BCUT2D eigenvalue weighted by Crippen LogP contribution is -2.50. The van der Waals surface area contributed by atoms with Crippen LogP contribution < -0.4 is 11.1 Å². The van der Waals surface area contributed by atoms with Crippen LogP contribution in [0.15, 0.2) is 24.3 Å². The molecule has 1 aromatic rings. The van der Waals surface area contributed by atoms with Crippen LogP contribution in [0, 0.1) is 5.41 Å². The molecule has 1 aliphatic rings. The summed E-state index contributed by atoms with van der Waals surface area (Å²) >= 11 is 0. The minimum atomic E-state index is 0.115. The molecule has 0 bridgehead atoms. The highest BCUT2D eigenvalue weighted by molar-refractivity contribution is 5.40. The maximum Gasteiger partial charge on any atom is 0.0983 e. The average Bonchev–Trinajstić information content (AvgIpc) is 2.29. The Morgan fingerprint density at radius 2 is 1.88 bits per heavy atom. The normalized spacial score (nSPS) is 25.8. The van der Waals surface area contributed by atoms with Crippen LogP contribution in [-0.4, -0.2) is 19.2 Å². The Labute approximate surface area is 103 Å². The molecule has 0 radical (unpaired) electrons. The van der Waals surface area contributed by atoms with Gasteiger partial charge in [-0.05, 0) is 23.1 Å². The van der Waals surface area contributed by atoms with Crippen molar-refractivity contribution in [3.8, 4) is 0 Å². The topological polar surface area (TPSA) is 47.3 Å². The van der Waals surface area contributed by atoms with Gasteiger partial charge in [0, 0.05) is 18.3 Å². The summed E-state index contributed by atoms with van der Waals surface area (Å²) in [6.07, 6.45) is 0.115. The van der Waals surface area contributed by atoms with Gasteiger partial charge in [-0.15, -0.1) is 0 Å². The van der Waals surface area contributed by atoms with Crippen LogP contribution in [0.25, 0.3) is 0 Å². The van der Waals surface area contributed by atoms with Gasteiger partial charge in [-0.25, -0.2) is 0 Å². The Bertz CT molecular complexity index is 367. The average molecular weight is 234 g/mol. The number of ether oxygens (including phenoxy) is 1. The maximum atomic E-state index is 5.94. The molecule has 0 saturated carbocycles. The number of anilines is 1. The van der Waals surface area contributed by atoms with Gasteiger partial charge in [-0.1, -0.05) is 32.9 Å². The molecule has 3 nitrogen and oxygen atoms in total. The van der Waals surface area contributed by atoms with Crippen LogP contribution in [0.2, 0.25) is 0 Å². The van der Waals surface area contributed by atoms with E-state index in [1.807, 2.05) is 12.1 Å². The lowest BCUT2D eigenvalue weighted by molar-refractivity contribution is -0.0372. The number of rotatable bonds is 1. The lowest BCUT2D eigenvalue weighted by Gasteiger charge is -2.41. The quantitative estimate of drug-likeness (QED) is 0.733. The molecule has 1 saturated heterocycles. The van der Waals surface area contributed by atoms with Gasteiger partial charge in [-0.2, -0.15) is 0 Å². The van der Waals surface area contributed by atoms with Crippen molar-refractivity contribution in [2.24, 2.45) is 5.41 Å². The van der Waals surface area contributed by atoms with Crippen LogP contribution in [0.5, 0.6) is 0 Å². The summed E-state index contributed by atoms with van der Waals surface area (Å²) in [5.41, 5.74) is 7.89. The van der Waals surface area contributed by atoms with E-state index in [1.165, 1.54) is 5.56 Å². The van der Waals surface area contributed by atoms with Crippen LogP contribution in [-0.2, 0) is 4.74 Å². The Morgan fingerprint density at radius 3 is 2.47 bits per heavy atom. The van der Waals surface area contributed by atoms with Gasteiger partial charge < -0.3 is 15.8 Å². The number of nitrogens with one attached hydrogen (secondary N) is 1. The summed E-state index contributed by atoms with van der Waals surface area (Å²) < 4.78 is 5.94. The highest BCUT2D eigenvalue weighted by Gasteiger charge is 2.35. The zero-order valence-corrected chi connectivity index (χ0v) is 10.9. The molecule has 17 heavy (non-hydrogen) atoms. The monoisotopic (exact) mass is 234 g/mol. The largest absolute Gasteiger partial charge is 0.399 e. The van der Waals surface area contributed by atoms with Crippen molar-refractivity contribution in [1.82, 2.24) is 5.32 Å². The SMILES string of the molecule is CC(C)(C)[C@@H]1NCCOC1c1ccc(N)cc1. The van der Waals surface area contributed by atoms with E-state index in [4.69, 9.17) is 10.5 Å². The number of benzene rings is 1. The molecule has 0 aliphatic carbocycles. The molecule has 2 rings (SSSR count). The second-order valence-electron chi connectivity index (χ2n) is 5.76. The lowest BCUT2D eigenvalue weighted by atomic mass is 9.80. The summed E-state index contributed by atoms with van der Waals surface area (Å²) in [5, 5.41) is 3.57. The third kappa shape index (κ3) is 2.79. The summed E-state index contributed by atoms with van der Waals surface area (Å²) in [7, 11) is 0. The molecule has 1 unspecified atom stereocenters. The fraction of sp³-hybridized carbons (Fsp3) is 0.571. The predicted octanol–water partition coefficient (Wildman–Crippen LogP) is 2.34. The summed E-state index contributed by atoms with van der Waals surface area (Å²) in [6, 6.07) is 8.33. The molecular formula is C14H22N2O. The maximum absolute atomic E-state index is 5.94. The van der Waals surface area contributed by atoms with Crippen LogP contribution in [0.4, 0.5) is 5.69 Å². The molecule has 0 aromatic heterocycles. The van der Waals surface area contributed by atoms with Crippen molar-refractivity contribution in [1.29, 1.82) is 0 Å². The van der Waals surface area contributed by atoms with Gasteiger partial charge in [0.2, 0.25) is 0 Å². The molecule has 3 N–H and O–H groups in total. The number of nitrogens with two attached hydrogens (primary N) is 1. The molecule has 2 atom stereocenters. The van der Waals surface area contributed by atoms with E-state index in [9.17, 15) is 0 Å². The van der Waals surface area contributed by atoms with Crippen molar-refractivity contribution in [2.45, 2.75) is 32.9 Å². The Balaban J connectivity index is 2.25. The molecule has 1 aliphatic heterocycles. The van der Waals surface area contributed by atoms with Gasteiger partial charge in [-0.3, -0.25) is 0 Å². The highest BCUT2D eigenvalue weighted by Crippen LogP contribution is 2.34. The molecule has 1 fully saturated rings. The van der Waals surface area contributed by atoms with Crippen molar-refractivity contribution in [3.63, 3.8) is 0 Å². The molecule has 0 amide bonds. The number of hydrogen-bond acceptors (Lipinski definition) is 3. The molecule has 0 spiro atoms. The second kappa shape index (κ2) is 4.67. The van der Waals surface area contributed by atoms with E-state index in [2.05, 4.69) is 38.2 Å². The minimum absolute atomic E-state index is 0.115. The van der Waals surface area contributed by atoms with E-state index in [1.54, 1.807) is 0 Å². The Morgan fingerprint density at radius 1 is 1.24 bits per heavy atom. The first-order valence-electron chi connectivity index (χ1n) is 6.19. The zero-order chi connectivity index (χ0) is 12.5. The van der Waals surface area contributed by atoms with Crippen molar-refractivity contribution < 1.29 is 4.74 Å². The third-order valence-corrected chi connectivity index (χ3v) is 3.26.